The molecule has 0 aliphatic rings. The van der Waals surface area contributed by atoms with E-state index in [1.165, 1.54) is 16.0 Å². The summed E-state index contributed by atoms with van der Waals surface area (Å²) in [6, 6.07) is 21.9. The van der Waals surface area contributed by atoms with Crippen LogP contribution in [-0.4, -0.2) is 12.5 Å². The average molecular weight is 391 g/mol. The SMILES string of the molecule is CC(C)c1ccc([C@@H]([NH2+]CC(=O)Nc2ccc(C#N)cc2)c2cccs2)cc1. The van der Waals surface area contributed by atoms with Crippen molar-refractivity contribution >= 4 is 22.9 Å². The van der Waals surface area contributed by atoms with Gasteiger partial charge in [-0.3, -0.25) is 4.79 Å². The fourth-order valence-corrected chi connectivity index (χ4v) is 3.89. The number of carbonyl (C=O) groups is 1. The lowest BCUT2D eigenvalue weighted by atomic mass is 9.98. The van der Waals surface area contributed by atoms with E-state index in [4.69, 9.17) is 5.26 Å². The molecule has 0 aliphatic heterocycles. The van der Waals surface area contributed by atoms with Gasteiger partial charge in [0.25, 0.3) is 5.91 Å². The number of anilines is 1. The predicted octanol–water partition coefficient (Wildman–Crippen LogP) is 4.03. The Labute approximate surface area is 169 Å². The van der Waals surface area contributed by atoms with Crippen molar-refractivity contribution in [1.29, 1.82) is 5.26 Å². The van der Waals surface area contributed by atoms with Crippen molar-refractivity contribution in [3.63, 3.8) is 0 Å². The van der Waals surface area contributed by atoms with Crippen LogP contribution in [0.25, 0.3) is 0 Å². The lowest BCUT2D eigenvalue weighted by molar-refractivity contribution is -0.675. The van der Waals surface area contributed by atoms with Crippen LogP contribution >= 0.6 is 11.3 Å². The molecule has 0 unspecified atom stereocenters. The molecule has 0 saturated carbocycles. The van der Waals surface area contributed by atoms with Crippen LogP contribution in [0.4, 0.5) is 5.69 Å². The summed E-state index contributed by atoms with van der Waals surface area (Å²) >= 11 is 1.70. The zero-order chi connectivity index (χ0) is 19.9. The maximum atomic E-state index is 12.4. The van der Waals surface area contributed by atoms with E-state index in [9.17, 15) is 4.79 Å². The Morgan fingerprint density at radius 1 is 1.07 bits per heavy atom. The van der Waals surface area contributed by atoms with Crippen LogP contribution in [0.5, 0.6) is 0 Å². The van der Waals surface area contributed by atoms with Gasteiger partial charge in [-0.2, -0.15) is 5.26 Å². The number of hydrogen-bond acceptors (Lipinski definition) is 3. The standard InChI is InChI=1S/C23H23N3OS/c1-16(2)18-7-9-19(10-8-18)23(21-4-3-13-28-21)25-15-22(27)26-20-11-5-17(14-24)6-12-20/h3-13,16,23,25H,15H2,1-2H3,(H,26,27)/p+1/t23-/m1/s1. The first-order chi connectivity index (χ1) is 13.6. The zero-order valence-electron chi connectivity index (χ0n) is 16.1. The Morgan fingerprint density at radius 3 is 2.32 bits per heavy atom. The number of nitrogens with zero attached hydrogens (tertiary/aromatic N) is 1. The highest BCUT2D eigenvalue weighted by molar-refractivity contribution is 7.10. The van der Waals surface area contributed by atoms with Gasteiger partial charge < -0.3 is 10.6 Å². The van der Waals surface area contributed by atoms with Crippen molar-refractivity contribution in [1.82, 2.24) is 0 Å². The number of carbonyl (C=O) groups excluding carboxylic acids is 1. The van der Waals surface area contributed by atoms with Crippen LogP contribution in [0.1, 0.15) is 47.4 Å². The molecule has 1 heterocycles. The Kier molecular flexibility index (Phi) is 6.59. The maximum absolute atomic E-state index is 12.4. The van der Waals surface area contributed by atoms with Gasteiger partial charge in [0.1, 0.15) is 6.04 Å². The van der Waals surface area contributed by atoms with E-state index >= 15 is 0 Å². The smallest absolute Gasteiger partial charge is 0.279 e. The van der Waals surface area contributed by atoms with Crippen molar-refractivity contribution in [3.8, 4) is 6.07 Å². The molecule has 0 bridgehead atoms. The van der Waals surface area contributed by atoms with Crippen LogP contribution in [-0.2, 0) is 4.79 Å². The molecule has 0 spiro atoms. The van der Waals surface area contributed by atoms with Crippen LogP contribution in [0.2, 0.25) is 0 Å². The van der Waals surface area contributed by atoms with Gasteiger partial charge in [0.15, 0.2) is 6.54 Å². The van der Waals surface area contributed by atoms with Crippen molar-refractivity contribution in [2.45, 2.75) is 25.8 Å². The zero-order valence-corrected chi connectivity index (χ0v) is 16.9. The summed E-state index contributed by atoms with van der Waals surface area (Å²) in [7, 11) is 0. The minimum absolute atomic E-state index is 0.0648. The molecule has 1 atom stereocenters. The molecule has 3 aromatic rings. The van der Waals surface area contributed by atoms with Crippen molar-refractivity contribution in [2.75, 3.05) is 11.9 Å². The lowest BCUT2D eigenvalue weighted by Crippen LogP contribution is -2.87. The fourth-order valence-electron chi connectivity index (χ4n) is 3.04. The molecule has 142 valence electrons. The van der Waals surface area contributed by atoms with E-state index < -0.39 is 0 Å². The summed E-state index contributed by atoms with van der Waals surface area (Å²) in [5, 5.41) is 15.9. The summed E-state index contributed by atoms with van der Waals surface area (Å²) < 4.78 is 0. The largest absolute Gasteiger partial charge is 0.328 e. The van der Waals surface area contributed by atoms with E-state index in [2.05, 4.69) is 66.3 Å². The normalized spacial score (nSPS) is 11.8. The van der Waals surface area contributed by atoms with E-state index in [-0.39, 0.29) is 11.9 Å². The quantitative estimate of drug-likeness (QED) is 0.639. The highest BCUT2D eigenvalue weighted by Crippen LogP contribution is 2.24. The third-order valence-corrected chi connectivity index (χ3v) is 5.60. The molecule has 1 amide bonds. The molecule has 0 radical (unpaired) electrons. The Morgan fingerprint density at radius 2 is 1.75 bits per heavy atom. The molecule has 5 heteroatoms. The van der Waals surface area contributed by atoms with Crippen LogP contribution in [0, 0.1) is 11.3 Å². The summed E-state index contributed by atoms with van der Waals surface area (Å²) in [5.41, 5.74) is 3.78. The molecular weight excluding hydrogens is 366 g/mol. The molecule has 0 aliphatic carbocycles. The molecule has 1 aromatic heterocycles. The van der Waals surface area contributed by atoms with Gasteiger partial charge in [-0.1, -0.05) is 44.2 Å². The van der Waals surface area contributed by atoms with E-state index in [0.717, 1.165) is 0 Å². The van der Waals surface area contributed by atoms with E-state index in [1.54, 1.807) is 35.6 Å². The van der Waals surface area contributed by atoms with Crippen LogP contribution in [0.15, 0.2) is 66.0 Å². The van der Waals surface area contributed by atoms with Gasteiger partial charge in [0.2, 0.25) is 0 Å². The molecule has 3 N–H and O–H groups in total. The van der Waals surface area contributed by atoms with Gasteiger partial charge in [-0.15, -0.1) is 11.3 Å². The van der Waals surface area contributed by atoms with E-state index in [0.29, 0.717) is 23.7 Å². The van der Waals surface area contributed by atoms with Crippen molar-refractivity contribution in [3.05, 3.63) is 87.6 Å². The summed E-state index contributed by atoms with van der Waals surface area (Å²) in [6.45, 7) is 4.69. The highest BCUT2D eigenvalue weighted by Gasteiger charge is 2.20. The number of nitrogens with one attached hydrogen (secondary N) is 1. The number of rotatable bonds is 7. The minimum Gasteiger partial charge on any atom is -0.328 e. The molecule has 28 heavy (non-hydrogen) atoms. The third-order valence-electron chi connectivity index (χ3n) is 4.65. The maximum Gasteiger partial charge on any atom is 0.279 e. The number of nitrogens with two attached hydrogens (primary N) is 1. The highest BCUT2D eigenvalue weighted by atomic mass is 32.1. The van der Waals surface area contributed by atoms with Gasteiger partial charge in [-0.05, 0) is 47.2 Å². The number of hydrogen-bond donors (Lipinski definition) is 2. The van der Waals surface area contributed by atoms with Crippen LogP contribution < -0.4 is 10.6 Å². The summed E-state index contributed by atoms with van der Waals surface area (Å²) in [4.78, 5) is 13.6. The third kappa shape index (κ3) is 5.07. The molecule has 3 rings (SSSR count). The Bertz CT molecular complexity index is 939. The van der Waals surface area contributed by atoms with Crippen molar-refractivity contribution in [2.24, 2.45) is 0 Å². The van der Waals surface area contributed by atoms with Gasteiger partial charge in [-0.25, -0.2) is 0 Å². The van der Waals surface area contributed by atoms with Crippen LogP contribution in [0.3, 0.4) is 0 Å². The average Bonchev–Trinajstić information content (AvgIpc) is 3.23. The number of benzene rings is 2. The molecule has 0 fully saturated rings. The second kappa shape index (κ2) is 9.32. The van der Waals surface area contributed by atoms with Gasteiger partial charge in [0, 0.05) is 11.3 Å². The van der Waals surface area contributed by atoms with Gasteiger partial charge in [0.05, 0.1) is 16.5 Å². The minimum atomic E-state index is -0.0648. The fraction of sp³-hybridized carbons (Fsp3) is 0.217. The number of thiophene rings is 1. The Hall–Kier alpha value is -2.94. The lowest BCUT2D eigenvalue weighted by Gasteiger charge is -2.16. The number of quaternary nitrogens is 1. The molecule has 2 aromatic carbocycles. The predicted molar refractivity (Wildman–Crippen MR) is 113 cm³/mol. The summed E-state index contributed by atoms with van der Waals surface area (Å²) in [6.07, 6.45) is 0. The number of nitriles is 1. The van der Waals surface area contributed by atoms with Gasteiger partial charge >= 0.3 is 0 Å². The Balaban J connectivity index is 1.68. The van der Waals surface area contributed by atoms with Crippen molar-refractivity contribution < 1.29 is 10.1 Å². The molecule has 0 saturated heterocycles. The first-order valence-electron chi connectivity index (χ1n) is 9.33. The molecule has 4 nitrogen and oxygen atoms in total. The second-order valence-corrected chi connectivity index (χ2v) is 7.97. The monoisotopic (exact) mass is 390 g/mol. The number of amides is 1. The topological polar surface area (TPSA) is 69.5 Å². The first kappa shape index (κ1) is 19.8. The second-order valence-electron chi connectivity index (χ2n) is 6.99. The van der Waals surface area contributed by atoms with E-state index in [1.807, 2.05) is 6.07 Å². The molecular formula is C23H24N3OS+. The first-order valence-corrected chi connectivity index (χ1v) is 10.2. The summed E-state index contributed by atoms with van der Waals surface area (Å²) in [5.74, 6) is 0.432.